The summed E-state index contributed by atoms with van der Waals surface area (Å²) in [6.45, 7) is 2.72. The molecular weight excluding hydrogens is 433 g/mol. The van der Waals surface area contributed by atoms with Crippen molar-refractivity contribution in [3.8, 4) is 5.75 Å². The number of ether oxygens (including phenoxy) is 1. The number of aromatic nitrogens is 1. The van der Waals surface area contributed by atoms with Gasteiger partial charge in [0, 0.05) is 60.2 Å². The number of carbonyl (C=O) groups excluding carboxylic acids is 1. The number of aromatic amines is 1. The molecule has 7 heteroatoms. The molecule has 6 nitrogen and oxygen atoms in total. The molecule has 0 unspecified atom stereocenters. The zero-order valence-corrected chi connectivity index (χ0v) is 19.4. The number of nitrogens with zero attached hydrogens (tertiary/aromatic N) is 2. The summed E-state index contributed by atoms with van der Waals surface area (Å²) in [5.74, 6) is 0.779. The Labute approximate surface area is 198 Å². The van der Waals surface area contributed by atoms with Gasteiger partial charge in [0.15, 0.2) is 0 Å². The van der Waals surface area contributed by atoms with Gasteiger partial charge in [-0.3, -0.25) is 9.69 Å². The highest BCUT2D eigenvalue weighted by molar-refractivity contribution is 5.89. The molecule has 3 aliphatic rings. The SMILES string of the molecule is COc1ccc2c3c([nH]c2c1)[C@H](CO)N(C(=O)C1CCC1)CC31CN(Cc2cccc(F)c2)C1. The van der Waals surface area contributed by atoms with Gasteiger partial charge in [0.25, 0.3) is 0 Å². The van der Waals surface area contributed by atoms with Crippen LogP contribution in [0.25, 0.3) is 10.9 Å². The van der Waals surface area contributed by atoms with E-state index in [0.717, 1.165) is 60.3 Å². The molecule has 178 valence electrons. The smallest absolute Gasteiger partial charge is 0.226 e. The average Bonchev–Trinajstić information content (AvgIpc) is 3.15. The first-order chi connectivity index (χ1) is 16.5. The van der Waals surface area contributed by atoms with Gasteiger partial charge in [0.05, 0.1) is 19.8 Å². The number of amides is 1. The third-order valence-corrected chi connectivity index (χ3v) is 8.01. The Hall–Kier alpha value is -2.90. The van der Waals surface area contributed by atoms with E-state index in [-0.39, 0.29) is 35.7 Å². The van der Waals surface area contributed by atoms with Crippen LogP contribution in [0.1, 0.15) is 42.1 Å². The van der Waals surface area contributed by atoms with Crippen molar-refractivity contribution in [2.75, 3.05) is 33.4 Å². The number of fused-ring (bicyclic) bond motifs is 4. The molecule has 1 aliphatic carbocycles. The van der Waals surface area contributed by atoms with E-state index in [1.165, 1.54) is 11.6 Å². The molecule has 0 radical (unpaired) electrons. The van der Waals surface area contributed by atoms with Crippen molar-refractivity contribution < 1.29 is 19.0 Å². The van der Waals surface area contributed by atoms with E-state index in [2.05, 4.69) is 16.0 Å². The number of halogens is 1. The second kappa shape index (κ2) is 8.10. The van der Waals surface area contributed by atoms with Gasteiger partial charge in [0.2, 0.25) is 5.91 Å². The minimum Gasteiger partial charge on any atom is -0.497 e. The van der Waals surface area contributed by atoms with Gasteiger partial charge >= 0.3 is 0 Å². The molecule has 1 spiro atoms. The molecule has 1 aromatic heterocycles. The second-order valence-electron chi connectivity index (χ2n) is 10.2. The molecule has 34 heavy (non-hydrogen) atoms. The Bertz CT molecular complexity index is 1250. The van der Waals surface area contributed by atoms with Crippen molar-refractivity contribution >= 4 is 16.8 Å². The number of rotatable bonds is 5. The van der Waals surface area contributed by atoms with E-state index in [4.69, 9.17) is 4.74 Å². The van der Waals surface area contributed by atoms with Crippen LogP contribution in [-0.4, -0.2) is 59.1 Å². The predicted molar refractivity (Wildman–Crippen MR) is 127 cm³/mol. The molecule has 0 bridgehead atoms. The van der Waals surface area contributed by atoms with Crippen LogP contribution in [0.15, 0.2) is 42.5 Å². The number of nitrogens with one attached hydrogen (secondary N) is 1. The van der Waals surface area contributed by atoms with Gasteiger partial charge in [-0.15, -0.1) is 0 Å². The third-order valence-electron chi connectivity index (χ3n) is 8.01. The van der Waals surface area contributed by atoms with Crippen molar-refractivity contribution in [2.24, 2.45) is 5.92 Å². The first-order valence-corrected chi connectivity index (χ1v) is 12.1. The lowest BCUT2D eigenvalue weighted by molar-refractivity contribution is -0.146. The van der Waals surface area contributed by atoms with Crippen LogP contribution in [0.5, 0.6) is 5.75 Å². The monoisotopic (exact) mass is 463 g/mol. The summed E-state index contributed by atoms with van der Waals surface area (Å²) >= 11 is 0. The summed E-state index contributed by atoms with van der Waals surface area (Å²) < 4.78 is 19.1. The van der Waals surface area contributed by atoms with Crippen molar-refractivity contribution in [2.45, 2.75) is 37.3 Å². The molecule has 1 atom stereocenters. The molecule has 1 saturated carbocycles. The minimum absolute atomic E-state index is 0.0700. The Balaban J connectivity index is 1.39. The highest BCUT2D eigenvalue weighted by atomic mass is 19.1. The summed E-state index contributed by atoms with van der Waals surface area (Å²) in [6, 6.07) is 12.4. The van der Waals surface area contributed by atoms with E-state index in [0.29, 0.717) is 13.1 Å². The lowest BCUT2D eigenvalue weighted by Gasteiger charge is -2.57. The van der Waals surface area contributed by atoms with Gasteiger partial charge in [0.1, 0.15) is 11.6 Å². The lowest BCUT2D eigenvalue weighted by atomic mass is 9.68. The van der Waals surface area contributed by atoms with Crippen molar-refractivity contribution in [1.29, 1.82) is 0 Å². The Morgan fingerprint density at radius 2 is 2.03 bits per heavy atom. The summed E-state index contributed by atoms with van der Waals surface area (Å²) in [5, 5.41) is 11.5. The van der Waals surface area contributed by atoms with Crippen LogP contribution in [0.3, 0.4) is 0 Å². The normalized spacial score (nSPS) is 21.9. The maximum absolute atomic E-state index is 13.7. The number of methoxy groups -OCH3 is 1. The second-order valence-corrected chi connectivity index (χ2v) is 10.2. The van der Waals surface area contributed by atoms with Crippen molar-refractivity contribution in [1.82, 2.24) is 14.8 Å². The quantitative estimate of drug-likeness (QED) is 0.605. The van der Waals surface area contributed by atoms with E-state index < -0.39 is 0 Å². The van der Waals surface area contributed by atoms with E-state index >= 15 is 0 Å². The number of hydrogen-bond donors (Lipinski definition) is 2. The van der Waals surface area contributed by atoms with Crippen molar-refractivity contribution in [3.05, 3.63) is 65.1 Å². The van der Waals surface area contributed by atoms with Crippen LogP contribution in [0, 0.1) is 11.7 Å². The fourth-order valence-electron chi connectivity index (χ4n) is 6.20. The van der Waals surface area contributed by atoms with E-state index in [9.17, 15) is 14.3 Å². The molecule has 2 aromatic carbocycles. The van der Waals surface area contributed by atoms with Crippen LogP contribution in [0.4, 0.5) is 4.39 Å². The fraction of sp³-hybridized carbons (Fsp3) is 0.444. The van der Waals surface area contributed by atoms with Gasteiger partial charge in [-0.05, 0) is 48.2 Å². The Kier molecular flexibility index (Phi) is 5.15. The standard InChI is InChI=1S/C27H30FN3O3/c1-34-20-8-9-21-22(11-20)29-25-23(13-32)31(26(33)18-5-3-6-18)16-27(24(21)25)14-30(15-27)12-17-4-2-7-19(28)10-17/h2,4,7-11,18,23,29,32H,3,5-6,12-16H2,1H3/t23-/m0/s1. The number of aliphatic hydroxyl groups is 1. The molecule has 3 heterocycles. The number of benzene rings is 2. The lowest BCUT2D eigenvalue weighted by Crippen LogP contribution is -2.67. The molecule has 1 amide bonds. The molecule has 2 N–H and O–H groups in total. The molecular formula is C27H30FN3O3. The van der Waals surface area contributed by atoms with Gasteiger partial charge in [-0.25, -0.2) is 4.39 Å². The Morgan fingerprint density at radius 1 is 1.21 bits per heavy atom. The van der Waals surface area contributed by atoms with Gasteiger partial charge in [-0.2, -0.15) is 0 Å². The first kappa shape index (κ1) is 21.6. The largest absolute Gasteiger partial charge is 0.497 e. The summed E-state index contributed by atoms with van der Waals surface area (Å²) in [7, 11) is 1.65. The molecule has 6 rings (SSSR count). The van der Waals surface area contributed by atoms with Gasteiger partial charge in [-0.1, -0.05) is 18.6 Å². The van der Waals surface area contributed by atoms with Crippen LogP contribution in [-0.2, 0) is 16.8 Å². The van der Waals surface area contributed by atoms with Crippen LogP contribution < -0.4 is 4.74 Å². The van der Waals surface area contributed by atoms with E-state index in [1.54, 1.807) is 19.2 Å². The number of likely N-dealkylation sites (tertiary alicyclic amines) is 1. The Morgan fingerprint density at radius 3 is 2.71 bits per heavy atom. The number of hydrogen-bond acceptors (Lipinski definition) is 4. The highest BCUT2D eigenvalue weighted by Crippen LogP contribution is 2.49. The maximum Gasteiger partial charge on any atom is 0.226 e. The summed E-state index contributed by atoms with van der Waals surface area (Å²) in [5.41, 5.74) is 3.84. The number of aliphatic hydroxyl groups excluding tert-OH is 1. The number of H-pyrrole nitrogens is 1. The molecule has 2 fully saturated rings. The predicted octanol–water partition coefficient (Wildman–Crippen LogP) is 3.74. The average molecular weight is 464 g/mol. The minimum atomic E-state index is -0.371. The zero-order chi connectivity index (χ0) is 23.4. The zero-order valence-electron chi connectivity index (χ0n) is 19.4. The first-order valence-electron chi connectivity index (χ1n) is 12.1. The van der Waals surface area contributed by atoms with Crippen LogP contribution >= 0.6 is 0 Å². The van der Waals surface area contributed by atoms with Crippen LogP contribution in [0.2, 0.25) is 0 Å². The third kappa shape index (κ3) is 3.33. The molecule has 1 saturated heterocycles. The molecule has 2 aliphatic heterocycles. The van der Waals surface area contributed by atoms with Gasteiger partial charge < -0.3 is 19.7 Å². The van der Waals surface area contributed by atoms with Crippen molar-refractivity contribution in [3.63, 3.8) is 0 Å². The summed E-state index contributed by atoms with van der Waals surface area (Å²) in [6.07, 6.45) is 2.96. The highest BCUT2D eigenvalue weighted by Gasteiger charge is 2.54. The molecule has 3 aromatic rings. The topological polar surface area (TPSA) is 68.8 Å². The fourth-order valence-corrected chi connectivity index (χ4v) is 6.20. The maximum atomic E-state index is 13.7. The number of carbonyl (C=O) groups is 1. The summed E-state index contributed by atoms with van der Waals surface area (Å²) in [4.78, 5) is 21.2. The van der Waals surface area contributed by atoms with E-state index in [1.807, 2.05) is 23.1 Å².